The molecule has 1 N–H and O–H groups in total. The van der Waals surface area contributed by atoms with Crippen LogP contribution in [0.3, 0.4) is 0 Å². The summed E-state index contributed by atoms with van der Waals surface area (Å²) in [5.74, 6) is -0.360. The van der Waals surface area contributed by atoms with Crippen LogP contribution in [-0.2, 0) is 9.39 Å². The summed E-state index contributed by atoms with van der Waals surface area (Å²) >= 11 is 1.29. The summed E-state index contributed by atoms with van der Waals surface area (Å²) in [5.41, 5.74) is -0.914. The lowest BCUT2D eigenvalue weighted by Crippen LogP contribution is -2.49. The third-order valence-corrected chi connectivity index (χ3v) is 3.90. The van der Waals surface area contributed by atoms with Crippen LogP contribution in [0.2, 0.25) is 0 Å². The van der Waals surface area contributed by atoms with Gasteiger partial charge in [-0.3, -0.25) is 0 Å². The van der Waals surface area contributed by atoms with Gasteiger partial charge in [0.1, 0.15) is 4.88 Å². The largest absolute Gasteiger partial charge is 0.465 e. The van der Waals surface area contributed by atoms with Crippen LogP contribution in [0, 0.1) is 0 Å². The maximum atomic E-state index is 11.3. The monoisotopic (exact) mass is 269 g/mol. The molecule has 1 aromatic heterocycles. The maximum absolute atomic E-state index is 11.3. The zero-order valence-corrected chi connectivity index (χ0v) is 12.1. The molecule has 0 aliphatic heterocycles. The average Bonchev–Trinajstić information content (AvgIpc) is 2.72. The van der Waals surface area contributed by atoms with E-state index in [1.54, 1.807) is 46.6 Å². The molecular weight excluding hydrogens is 251 g/mol. The van der Waals surface area contributed by atoms with E-state index in [-0.39, 0.29) is 5.97 Å². The van der Waals surface area contributed by atoms with Gasteiger partial charge in [-0.1, -0.05) is 0 Å². The molecule has 1 radical (unpaired) electrons. The number of carbonyl (C=O) groups is 1. The average molecular weight is 269 g/mol. The fourth-order valence-electron chi connectivity index (χ4n) is 0.980. The number of hydrogen-bond donors (Lipinski definition) is 1. The first-order valence-corrected chi connectivity index (χ1v) is 6.45. The van der Waals surface area contributed by atoms with Crippen LogP contribution in [0.4, 0.5) is 0 Å². The first-order valence-electron chi connectivity index (χ1n) is 5.57. The third kappa shape index (κ3) is 3.57. The van der Waals surface area contributed by atoms with Crippen molar-refractivity contribution in [3.05, 3.63) is 16.3 Å². The minimum absolute atomic E-state index is 0.360. The van der Waals surface area contributed by atoms with Crippen LogP contribution in [0.25, 0.3) is 0 Å². The SMILES string of the molecule is COC(=O)c1cc([B]OC(C)(C)C(C)(C)O)cs1. The highest BCUT2D eigenvalue weighted by molar-refractivity contribution is 7.13. The molecule has 6 heteroatoms. The second kappa shape index (κ2) is 5.42. The zero-order valence-electron chi connectivity index (χ0n) is 11.3. The first kappa shape index (κ1) is 15.2. The van der Waals surface area contributed by atoms with Crippen LogP contribution in [-0.4, -0.2) is 36.9 Å². The molecule has 0 saturated carbocycles. The van der Waals surface area contributed by atoms with Crippen molar-refractivity contribution in [1.29, 1.82) is 0 Å². The van der Waals surface area contributed by atoms with Crippen molar-refractivity contribution in [2.75, 3.05) is 7.11 Å². The van der Waals surface area contributed by atoms with E-state index in [0.29, 0.717) is 4.88 Å². The van der Waals surface area contributed by atoms with Gasteiger partial charge in [0.25, 0.3) is 0 Å². The number of thiophene rings is 1. The molecule has 0 fully saturated rings. The molecule has 1 aromatic rings. The molecule has 18 heavy (non-hydrogen) atoms. The number of esters is 1. The highest BCUT2D eigenvalue weighted by Crippen LogP contribution is 2.24. The maximum Gasteiger partial charge on any atom is 0.347 e. The summed E-state index contributed by atoms with van der Waals surface area (Å²) in [4.78, 5) is 11.8. The van der Waals surface area contributed by atoms with E-state index in [9.17, 15) is 9.90 Å². The third-order valence-electron chi connectivity index (χ3n) is 2.97. The Hall–Kier alpha value is -0.845. The van der Waals surface area contributed by atoms with Gasteiger partial charge in [-0.05, 0) is 44.6 Å². The van der Waals surface area contributed by atoms with E-state index in [0.717, 1.165) is 5.46 Å². The van der Waals surface area contributed by atoms with Gasteiger partial charge < -0.3 is 14.5 Å². The highest BCUT2D eigenvalue weighted by Gasteiger charge is 2.35. The van der Waals surface area contributed by atoms with Crippen LogP contribution >= 0.6 is 11.3 Å². The van der Waals surface area contributed by atoms with E-state index in [4.69, 9.17) is 4.65 Å². The molecule has 0 aliphatic rings. The van der Waals surface area contributed by atoms with Crippen molar-refractivity contribution in [1.82, 2.24) is 0 Å². The second-order valence-corrected chi connectivity index (χ2v) is 5.95. The Morgan fingerprint density at radius 3 is 2.50 bits per heavy atom. The van der Waals surface area contributed by atoms with E-state index in [2.05, 4.69) is 4.74 Å². The Bertz CT molecular complexity index is 420. The van der Waals surface area contributed by atoms with Crippen LogP contribution in [0.5, 0.6) is 0 Å². The van der Waals surface area contributed by atoms with Crippen molar-refractivity contribution in [3.8, 4) is 0 Å². The molecule has 0 atom stereocenters. The predicted molar refractivity (Wildman–Crippen MR) is 72.5 cm³/mol. The lowest BCUT2D eigenvalue weighted by Gasteiger charge is -2.37. The van der Waals surface area contributed by atoms with Gasteiger partial charge in [0, 0.05) is 0 Å². The van der Waals surface area contributed by atoms with Crippen molar-refractivity contribution in [3.63, 3.8) is 0 Å². The number of ether oxygens (including phenoxy) is 1. The minimum Gasteiger partial charge on any atom is -0.465 e. The van der Waals surface area contributed by atoms with Gasteiger partial charge in [0.2, 0.25) is 0 Å². The van der Waals surface area contributed by atoms with Gasteiger partial charge >= 0.3 is 13.5 Å². The molecule has 0 aliphatic carbocycles. The van der Waals surface area contributed by atoms with Crippen molar-refractivity contribution in [2.24, 2.45) is 0 Å². The van der Waals surface area contributed by atoms with Gasteiger partial charge in [-0.15, -0.1) is 11.3 Å². The molecule has 1 heterocycles. The Morgan fingerprint density at radius 2 is 2.00 bits per heavy atom. The summed E-state index contributed by atoms with van der Waals surface area (Å²) in [7, 11) is 2.89. The molecule has 0 unspecified atom stereocenters. The number of aliphatic hydroxyl groups is 1. The topological polar surface area (TPSA) is 55.8 Å². The number of carbonyl (C=O) groups excluding carboxylic acids is 1. The normalized spacial score (nSPS) is 12.3. The molecule has 0 saturated heterocycles. The van der Waals surface area contributed by atoms with Gasteiger partial charge in [0.05, 0.1) is 18.3 Å². The molecule has 4 nitrogen and oxygen atoms in total. The van der Waals surface area contributed by atoms with Crippen molar-refractivity contribution >= 4 is 30.3 Å². The lowest BCUT2D eigenvalue weighted by atomic mass is 9.84. The molecule has 0 aromatic carbocycles. The fourth-order valence-corrected chi connectivity index (χ4v) is 1.75. The van der Waals surface area contributed by atoms with E-state index < -0.39 is 11.2 Å². The smallest absolute Gasteiger partial charge is 0.347 e. The highest BCUT2D eigenvalue weighted by atomic mass is 32.1. The minimum atomic E-state index is -0.968. The van der Waals surface area contributed by atoms with Gasteiger partial charge in [0.15, 0.2) is 0 Å². The summed E-state index contributed by atoms with van der Waals surface area (Å²) in [5, 5.41) is 11.7. The lowest BCUT2D eigenvalue weighted by molar-refractivity contribution is -0.0893. The predicted octanol–water partition coefficient (Wildman–Crippen LogP) is 1.35. The molecule has 99 valence electrons. The van der Waals surface area contributed by atoms with Crippen molar-refractivity contribution < 1.29 is 19.3 Å². The quantitative estimate of drug-likeness (QED) is 0.647. The van der Waals surface area contributed by atoms with E-state index in [1.165, 1.54) is 18.4 Å². The van der Waals surface area contributed by atoms with Crippen LogP contribution < -0.4 is 5.46 Å². The Morgan fingerprint density at radius 1 is 1.39 bits per heavy atom. The van der Waals surface area contributed by atoms with Crippen molar-refractivity contribution in [2.45, 2.75) is 38.9 Å². The number of rotatable bonds is 5. The summed E-state index contributed by atoms with van der Waals surface area (Å²) in [6.45, 7) is 6.98. The number of hydrogen-bond acceptors (Lipinski definition) is 5. The molecule has 1 rings (SSSR count). The first-order chi connectivity index (χ1) is 8.17. The Kier molecular flexibility index (Phi) is 4.58. The molecule has 0 amide bonds. The second-order valence-electron chi connectivity index (χ2n) is 5.04. The molecular formula is C12H18BO4S. The number of methoxy groups -OCH3 is 1. The Labute approximate surface area is 112 Å². The van der Waals surface area contributed by atoms with Gasteiger partial charge in [-0.2, -0.15) is 0 Å². The van der Waals surface area contributed by atoms with Crippen LogP contribution in [0.1, 0.15) is 37.4 Å². The standard InChI is InChI=1S/C12H18BO4S/c1-11(2,15)12(3,4)17-13-8-6-9(18-7-8)10(14)16-5/h6-7,15H,1-5H3. The summed E-state index contributed by atoms with van der Waals surface area (Å²) in [6, 6.07) is 1.69. The Balaban J connectivity index is 2.65. The molecule has 0 bridgehead atoms. The zero-order chi connectivity index (χ0) is 14.0. The summed E-state index contributed by atoms with van der Waals surface area (Å²) < 4.78 is 10.2. The molecule has 0 spiro atoms. The van der Waals surface area contributed by atoms with Gasteiger partial charge in [-0.25, -0.2) is 4.79 Å². The fraction of sp³-hybridized carbons (Fsp3) is 0.583. The van der Waals surface area contributed by atoms with E-state index >= 15 is 0 Å². The van der Waals surface area contributed by atoms with E-state index in [1.807, 2.05) is 0 Å². The summed E-state index contributed by atoms with van der Waals surface area (Å²) in [6.07, 6.45) is 0. The van der Waals surface area contributed by atoms with Crippen LogP contribution in [0.15, 0.2) is 11.4 Å².